The molecule has 0 bridgehead atoms. The molecule has 0 spiro atoms. The van der Waals surface area contributed by atoms with Crippen LogP contribution in [0.1, 0.15) is 26.3 Å². The van der Waals surface area contributed by atoms with Gasteiger partial charge in [0.2, 0.25) is 0 Å². The molecule has 0 amide bonds. The van der Waals surface area contributed by atoms with Gasteiger partial charge in [0.1, 0.15) is 5.75 Å². The average Bonchev–Trinajstić information content (AvgIpc) is 2.20. The lowest BCUT2D eigenvalue weighted by molar-refractivity contribution is -0.0503. The van der Waals surface area contributed by atoms with Gasteiger partial charge in [-0.15, -0.1) is 0 Å². The van der Waals surface area contributed by atoms with Crippen molar-refractivity contribution in [1.82, 2.24) is 0 Å². The third-order valence-electron chi connectivity index (χ3n) is 1.96. The molecule has 0 aromatic heterocycles. The van der Waals surface area contributed by atoms with E-state index in [1.165, 1.54) is 19.1 Å². The number of alkyl halides is 2. The highest BCUT2D eigenvalue weighted by Gasteiger charge is 2.12. The van der Waals surface area contributed by atoms with Crippen LogP contribution >= 0.6 is 0 Å². The van der Waals surface area contributed by atoms with Gasteiger partial charge in [0.15, 0.2) is 12.6 Å². The highest BCUT2D eigenvalue weighted by atomic mass is 19.3. The summed E-state index contributed by atoms with van der Waals surface area (Å²) in [5, 5.41) is 0. The van der Waals surface area contributed by atoms with E-state index in [2.05, 4.69) is 4.74 Å². The first kappa shape index (κ1) is 11.3. The van der Waals surface area contributed by atoms with Crippen LogP contribution in [0, 0.1) is 6.92 Å². The summed E-state index contributed by atoms with van der Waals surface area (Å²) in [7, 11) is 0. The average molecular weight is 214 g/mol. The SMILES string of the molecule is Cc1c(OC(F)F)ccc(C=O)c1C=O. The topological polar surface area (TPSA) is 43.4 Å². The highest BCUT2D eigenvalue weighted by Crippen LogP contribution is 2.24. The molecule has 0 aliphatic heterocycles. The van der Waals surface area contributed by atoms with Crippen molar-refractivity contribution in [2.45, 2.75) is 13.5 Å². The fraction of sp³-hybridized carbons (Fsp3) is 0.200. The summed E-state index contributed by atoms with van der Waals surface area (Å²) < 4.78 is 28.1. The van der Waals surface area contributed by atoms with Crippen molar-refractivity contribution in [3.8, 4) is 5.75 Å². The van der Waals surface area contributed by atoms with Crippen molar-refractivity contribution in [2.75, 3.05) is 0 Å². The van der Waals surface area contributed by atoms with E-state index in [-0.39, 0.29) is 22.4 Å². The maximum Gasteiger partial charge on any atom is 0.387 e. The molecule has 0 N–H and O–H groups in total. The zero-order valence-corrected chi connectivity index (χ0v) is 7.87. The number of halogens is 2. The van der Waals surface area contributed by atoms with Crippen LogP contribution < -0.4 is 4.74 Å². The largest absolute Gasteiger partial charge is 0.435 e. The fourth-order valence-electron chi connectivity index (χ4n) is 1.21. The first-order chi connectivity index (χ1) is 7.10. The Labute approximate surface area is 84.7 Å². The monoisotopic (exact) mass is 214 g/mol. The van der Waals surface area contributed by atoms with Crippen molar-refractivity contribution in [3.63, 3.8) is 0 Å². The number of hydrogen-bond donors (Lipinski definition) is 0. The van der Waals surface area contributed by atoms with Crippen LogP contribution in [0.2, 0.25) is 0 Å². The Balaban J connectivity index is 3.22. The van der Waals surface area contributed by atoms with Gasteiger partial charge < -0.3 is 4.74 Å². The summed E-state index contributed by atoms with van der Waals surface area (Å²) >= 11 is 0. The van der Waals surface area contributed by atoms with Gasteiger partial charge in [-0.3, -0.25) is 9.59 Å². The first-order valence-electron chi connectivity index (χ1n) is 4.09. The highest BCUT2D eigenvalue weighted by molar-refractivity contribution is 5.92. The molecule has 0 heterocycles. The van der Waals surface area contributed by atoms with Gasteiger partial charge in [0.05, 0.1) is 0 Å². The second-order valence-electron chi connectivity index (χ2n) is 2.81. The summed E-state index contributed by atoms with van der Waals surface area (Å²) in [6.07, 6.45) is 0.931. The number of carbonyl (C=O) groups is 2. The Hall–Kier alpha value is -1.78. The van der Waals surface area contributed by atoms with Crippen LogP contribution in [0.4, 0.5) is 8.78 Å². The van der Waals surface area contributed by atoms with Gasteiger partial charge in [-0.1, -0.05) is 0 Å². The zero-order chi connectivity index (χ0) is 11.4. The molecule has 3 nitrogen and oxygen atoms in total. The molecule has 0 aliphatic rings. The summed E-state index contributed by atoms with van der Waals surface area (Å²) in [6.45, 7) is -1.51. The van der Waals surface area contributed by atoms with Gasteiger partial charge in [0, 0.05) is 16.7 Å². The van der Waals surface area contributed by atoms with E-state index in [4.69, 9.17) is 0 Å². The standard InChI is InChI=1S/C10H8F2O3/c1-6-8(5-14)7(4-13)2-3-9(6)15-10(11)12/h2-5,10H,1H3. The van der Waals surface area contributed by atoms with E-state index in [9.17, 15) is 18.4 Å². The van der Waals surface area contributed by atoms with Gasteiger partial charge in [-0.05, 0) is 19.1 Å². The minimum Gasteiger partial charge on any atom is -0.435 e. The summed E-state index contributed by atoms with van der Waals surface area (Å²) in [5.74, 6) is -0.0994. The molecule has 0 unspecified atom stereocenters. The van der Waals surface area contributed by atoms with Crippen molar-refractivity contribution < 1.29 is 23.1 Å². The maximum atomic E-state index is 11.9. The molecule has 0 fully saturated rings. The molecule has 0 atom stereocenters. The van der Waals surface area contributed by atoms with Gasteiger partial charge in [-0.2, -0.15) is 8.78 Å². The van der Waals surface area contributed by atoms with E-state index < -0.39 is 6.61 Å². The molecule has 1 aromatic carbocycles. The Morgan fingerprint density at radius 3 is 2.40 bits per heavy atom. The second-order valence-corrected chi connectivity index (χ2v) is 2.81. The minimum atomic E-state index is -2.95. The third-order valence-corrected chi connectivity index (χ3v) is 1.96. The molecule has 0 radical (unpaired) electrons. The van der Waals surface area contributed by atoms with E-state index in [1.807, 2.05) is 0 Å². The molecule has 5 heteroatoms. The summed E-state index contributed by atoms with van der Waals surface area (Å²) in [6, 6.07) is 2.50. The van der Waals surface area contributed by atoms with Crippen molar-refractivity contribution in [2.24, 2.45) is 0 Å². The van der Waals surface area contributed by atoms with Crippen LogP contribution in [-0.4, -0.2) is 19.2 Å². The van der Waals surface area contributed by atoms with E-state index in [0.29, 0.717) is 12.6 Å². The number of carbonyl (C=O) groups excluding carboxylic acids is 2. The van der Waals surface area contributed by atoms with Crippen LogP contribution in [-0.2, 0) is 0 Å². The third kappa shape index (κ3) is 2.37. The van der Waals surface area contributed by atoms with Gasteiger partial charge >= 0.3 is 6.61 Å². The van der Waals surface area contributed by atoms with E-state index in [0.717, 1.165) is 0 Å². The molecular formula is C10H8F2O3. The van der Waals surface area contributed by atoms with Crippen molar-refractivity contribution >= 4 is 12.6 Å². The minimum absolute atomic E-state index is 0.0724. The quantitative estimate of drug-likeness (QED) is 0.722. The molecule has 15 heavy (non-hydrogen) atoms. The molecular weight excluding hydrogens is 206 g/mol. The molecule has 80 valence electrons. The number of hydrogen-bond acceptors (Lipinski definition) is 3. The zero-order valence-electron chi connectivity index (χ0n) is 7.87. The van der Waals surface area contributed by atoms with Crippen molar-refractivity contribution in [3.05, 3.63) is 28.8 Å². The Morgan fingerprint density at radius 2 is 1.93 bits per heavy atom. The first-order valence-corrected chi connectivity index (χ1v) is 4.09. The summed E-state index contributed by atoms with van der Waals surface area (Å²) in [4.78, 5) is 21.2. The Bertz CT molecular complexity index is 388. The Morgan fingerprint density at radius 1 is 1.27 bits per heavy atom. The van der Waals surface area contributed by atoms with Crippen LogP contribution in [0.15, 0.2) is 12.1 Å². The number of ether oxygens (including phenoxy) is 1. The van der Waals surface area contributed by atoms with Gasteiger partial charge in [0.25, 0.3) is 0 Å². The van der Waals surface area contributed by atoms with E-state index in [1.54, 1.807) is 0 Å². The predicted octanol–water partition coefficient (Wildman–Crippen LogP) is 2.22. The number of aldehydes is 2. The van der Waals surface area contributed by atoms with Crippen LogP contribution in [0.3, 0.4) is 0 Å². The number of rotatable bonds is 4. The number of benzene rings is 1. The molecule has 1 rings (SSSR count). The van der Waals surface area contributed by atoms with Crippen LogP contribution in [0.25, 0.3) is 0 Å². The second kappa shape index (κ2) is 4.63. The van der Waals surface area contributed by atoms with Crippen LogP contribution in [0.5, 0.6) is 5.75 Å². The Kier molecular flexibility index (Phi) is 3.49. The normalized spacial score (nSPS) is 10.1. The molecule has 0 saturated carbocycles. The lowest BCUT2D eigenvalue weighted by Gasteiger charge is -2.10. The molecule has 0 saturated heterocycles. The fourth-order valence-corrected chi connectivity index (χ4v) is 1.21. The summed E-state index contributed by atoms with van der Waals surface area (Å²) in [5.41, 5.74) is 0.460. The van der Waals surface area contributed by atoms with Gasteiger partial charge in [-0.25, -0.2) is 0 Å². The van der Waals surface area contributed by atoms with Crippen molar-refractivity contribution in [1.29, 1.82) is 0 Å². The smallest absolute Gasteiger partial charge is 0.387 e. The van der Waals surface area contributed by atoms with E-state index >= 15 is 0 Å². The maximum absolute atomic E-state index is 11.9. The lowest BCUT2D eigenvalue weighted by atomic mass is 10.0. The lowest BCUT2D eigenvalue weighted by Crippen LogP contribution is -2.05. The predicted molar refractivity (Wildman–Crippen MR) is 48.6 cm³/mol. The molecule has 0 aliphatic carbocycles. The molecule has 1 aromatic rings.